The zero-order valence-corrected chi connectivity index (χ0v) is 15.4. The molecule has 1 aliphatic rings. The minimum absolute atomic E-state index is 0.0744. The largest absolute Gasteiger partial charge is 0.459 e. The fourth-order valence-electron chi connectivity index (χ4n) is 3.20. The molecule has 0 aromatic carbocycles. The normalized spacial score (nSPS) is 16.5. The molecule has 2 rings (SSSR count). The lowest BCUT2D eigenvalue weighted by Crippen LogP contribution is -2.49. The first-order chi connectivity index (χ1) is 12.1. The van der Waals surface area contributed by atoms with Gasteiger partial charge in [0.1, 0.15) is 0 Å². The van der Waals surface area contributed by atoms with Crippen molar-refractivity contribution in [2.24, 2.45) is 5.92 Å². The molecule has 140 valence electrons. The third-order valence-electron chi connectivity index (χ3n) is 4.94. The maximum atomic E-state index is 12.2. The van der Waals surface area contributed by atoms with E-state index >= 15 is 0 Å². The van der Waals surface area contributed by atoms with Gasteiger partial charge in [-0.1, -0.05) is 33.1 Å². The number of piperidine rings is 1. The Morgan fingerprint density at radius 2 is 2.08 bits per heavy atom. The van der Waals surface area contributed by atoms with Crippen LogP contribution in [0, 0.1) is 5.92 Å². The Morgan fingerprint density at radius 1 is 1.32 bits per heavy atom. The molecule has 3 amide bonds. The van der Waals surface area contributed by atoms with Gasteiger partial charge in [-0.05, 0) is 37.3 Å². The minimum Gasteiger partial charge on any atom is -0.459 e. The van der Waals surface area contributed by atoms with Crippen molar-refractivity contribution in [3.8, 4) is 0 Å². The summed E-state index contributed by atoms with van der Waals surface area (Å²) in [6.45, 7) is 6.37. The lowest BCUT2D eigenvalue weighted by Gasteiger charge is -2.32. The Bertz CT molecular complexity index is 522. The fourth-order valence-corrected chi connectivity index (χ4v) is 3.20. The van der Waals surface area contributed by atoms with Gasteiger partial charge in [0.15, 0.2) is 5.76 Å². The van der Waals surface area contributed by atoms with Crippen molar-refractivity contribution >= 4 is 11.9 Å². The van der Waals surface area contributed by atoms with E-state index in [0.717, 1.165) is 25.8 Å². The van der Waals surface area contributed by atoms with Crippen molar-refractivity contribution < 1.29 is 14.0 Å². The number of carbonyl (C=O) groups is 2. The standard InChI is InChI=1S/C19H31N3O3/c1-3-5-7-15(4-2)14-20-19(24)21-16-9-11-22(12-10-16)18(23)17-8-6-13-25-17/h6,8,13,15-16H,3-5,7,9-12,14H2,1-2H3,(H2,20,21,24). The molecule has 2 heterocycles. The summed E-state index contributed by atoms with van der Waals surface area (Å²) in [5.41, 5.74) is 0. The van der Waals surface area contributed by atoms with E-state index < -0.39 is 0 Å². The van der Waals surface area contributed by atoms with Crippen LogP contribution in [0.25, 0.3) is 0 Å². The maximum absolute atomic E-state index is 12.2. The van der Waals surface area contributed by atoms with Crippen LogP contribution in [0.5, 0.6) is 0 Å². The average molecular weight is 349 g/mol. The molecule has 6 heteroatoms. The number of urea groups is 1. The van der Waals surface area contributed by atoms with Gasteiger partial charge in [-0.15, -0.1) is 0 Å². The Morgan fingerprint density at radius 3 is 2.68 bits per heavy atom. The van der Waals surface area contributed by atoms with Gasteiger partial charge in [-0.2, -0.15) is 0 Å². The number of nitrogens with zero attached hydrogens (tertiary/aromatic N) is 1. The number of nitrogens with one attached hydrogen (secondary N) is 2. The zero-order chi connectivity index (χ0) is 18.1. The zero-order valence-electron chi connectivity index (χ0n) is 15.4. The number of likely N-dealkylation sites (tertiary alicyclic amines) is 1. The van der Waals surface area contributed by atoms with E-state index in [4.69, 9.17) is 4.42 Å². The van der Waals surface area contributed by atoms with Gasteiger partial charge in [0.25, 0.3) is 5.91 Å². The SMILES string of the molecule is CCCCC(CC)CNC(=O)NC1CCN(C(=O)c2ccco2)CC1. The molecular formula is C19H31N3O3. The third kappa shape index (κ3) is 6.11. The predicted octanol–water partition coefficient (Wildman–Crippen LogP) is 3.40. The molecule has 0 spiro atoms. The van der Waals surface area contributed by atoms with Crippen molar-refractivity contribution in [1.29, 1.82) is 0 Å². The van der Waals surface area contributed by atoms with Crippen molar-refractivity contribution in [3.63, 3.8) is 0 Å². The monoisotopic (exact) mass is 349 g/mol. The van der Waals surface area contributed by atoms with E-state index in [1.165, 1.54) is 25.5 Å². The van der Waals surface area contributed by atoms with E-state index in [0.29, 0.717) is 24.8 Å². The summed E-state index contributed by atoms with van der Waals surface area (Å²) in [7, 11) is 0. The molecule has 1 aliphatic heterocycles. The number of hydrogen-bond acceptors (Lipinski definition) is 3. The molecular weight excluding hydrogens is 318 g/mol. The molecule has 0 aliphatic carbocycles. The highest BCUT2D eigenvalue weighted by Crippen LogP contribution is 2.15. The van der Waals surface area contributed by atoms with Crippen LogP contribution in [0.15, 0.2) is 22.8 Å². The smallest absolute Gasteiger partial charge is 0.315 e. The van der Waals surface area contributed by atoms with Crippen LogP contribution in [-0.2, 0) is 0 Å². The molecule has 2 N–H and O–H groups in total. The first-order valence-corrected chi connectivity index (χ1v) is 9.51. The van der Waals surface area contributed by atoms with Gasteiger partial charge in [0, 0.05) is 25.7 Å². The molecule has 6 nitrogen and oxygen atoms in total. The fraction of sp³-hybridized carbons (Fsp3) is 0.684. The quantitative estimate of drug-likeness (QED) is 0.755. The number of unbranched alkanes of at least 4 members (excludes halogenated alkanes) is 1. The van der Waals surface area contributed by atoms with Gasteiger partial charge >= 0.3 is 6.03 Å². The van der Waals surface area contributed by atoms with Crippen molar-refractivity contribution in [2.75, 3.05) is 19.6 Å². The number of rotatable bonds is 8. The summed E-state index contributed by atoms with van der Waals surface area (Å²) >= 11 is 0. The van der Waals surface area contributed by atoms with Crippen LogP contribution in [0.1, 0.15) is 62.9 Å². The summed E-state index contributed by atoms with van der Waals surface area (Å²) in [4.78, 5) is 26.1. The van der Waals surface area contributed by atoms with Crippen molar-refractivity contribution in [2.45, 2.75) is 58.4 Å². The van der Waals surface area contributed by atoms with E-state index in [2.05, 4.69) is 24.5 Å². The molecule has 25 heavy (non-hydrogen) atoms. The van der Waals surface area contributed by atoms with Crippen LogP contribution in [-0.4, -0.2) is 42.5 Å². The molecule has 0 radical (unpaired) electrons. The second kappa shape index (κ2) is 10.1. The summed E-state index contributed by atoms with van der Waals surface area (Å²) in [5.74, 6) is 0.856. The summed E-state index contributed by atoms with van der Waals surface area (Å²) in [6, 6.07) is 3.43. The summed E-state index contributed by atoms with van der Waals surface area (Å²) in [6.07, 6.45) is 7.71. The van der Waals surface area contributed by atoms with Crippen LogP contribution in [0.3, 0.4) is 0 Å². The molecule has 1 atom stereocenters. The average Bonchev–Trinajstić information content (AvgIpc) is 3.16. The van der Waals surface area contributed by atoms with Crippen LogP contribution in [0.2, 0.25) is 0 Å². The van der Waals surface area contributed by atoms with E-state index in [9.17, 15) is 9.59 Å². The Kier molecular flexibility index (Phi) is 7.82. The predicted molar refractivity (Wildman–Crippen MR) is 97.5 cm³/mol. The second-order valence-corrected chi connectivity index (χ2v) is 6.81. The summed E-state index contributed by atoms with van der Waals surface area (Å²) < 4.78 is 5.16. The molecule has 1 aromatic heterocycles. The topological polar surface area (TPSA) is 74.6 Å². The van der Waals surface area contributed by atoms with Crippen LogP contribution >= 0.6 is 0 Å². The highest BCUT2D eigenvalue weighted by Gasteiger charge is 2.25. The first kappa shape index (κ1) is 19.3. The van der Waals surface area contributed by atoms with Crippen LogP contribution in [0.4, 0.5) is 4.79 Å². The van der Waals surface area contributed by atoms with Gasteiger partial charge in [-0.25, -0.2) is 4.79 Å². The molecule has 0 saturated carbocycles. The highest BCUT2D eigenvalue weighted by molar-refractivity contribution is 5.91. The maximum Gasteiger partial charge on any atom is 0.315 e. The Labute approximate surface area is 150 Å². The molecule has 0 bridgehead atoms. The number of amides is 3. The number of hydrogen-bond donors (Lipinski definition) is 2. The summed E-state index contributed by atoms with van der Waals surface area (Å²) in [5, 5.41) is 6.04. The van der Waals surface area contributed by atoms with Gasteiger partial charge in [0.05, 0.1) is 6.26 Å². The second-order valence-electron chi connectivity index (χ2n) is 6.81. The third-order valence-corrected chi connectivity index (χ3v) is 4.94. The lowest BCUT2D eigenvalue weighted by atomic mass is 9.99. The molecule has 1 saturated heterocycles. The highest BCUT2D eigenvalue weighted by atomic mass is 16.3. The van der Waals surface area contributed by atoms with Crippen molar-refractivity contribution in [1.82, 2.24) is 15.5 Å². The molecule has 1 fully saturated rings. The van der Waals surface area contributed by atoms with E-state index in [1.54, 1.807) is 17.0 Å². The lowest BCUT2D eigenvalue weighted by molar-refractivity contribution is 0.0676. The van der Waals surface area contributed by atoms with E-state index in [-0.39, 0.29) is 18.0 Å². The Balaban J connectivity index is 1.67. The van der Waals surface area contributed by atoms with Gasteiger partial charge in [-0.3, -0.25) is 4.79 Å². The Hall–Kier alpha value is -1.98. The van der Waals surface area contributed by atoms with E-state index in [1.807, 2.05) is 0 Å². The minimum atomic E-state index is -0.0919. The van der Waals surface area contributed by atoms with Crippen molar-refractivity contribution in [3.05, 3.63) is 24.2 Å². The van der Waals surface area contributed by atoms with Gasteiger partial charge in [0.2, 0.25) is 0 Å². The number of carbonyl (C=O) groups excluding carboxylic acids is 2. The first-order valence-electron chi connectivity index (χ1n) is 9.51. The molecule has 1 unspecified atom stereocenters. The number of furan rings is 1. The van der Waals surface area contributed by atoms with Gasteiger partial charge < -0.3 is 20.0 Å². The van der Waals surface area contributed by atoms with Crippen LogP contribution < -0.4 is 10.6 Å². The molecule has 1 aromatic rings.